The molecule has 0 atom stereocenters. The molecule has 29 heavy (non-hydrogen) atoms. The van der Waals surface area contributed by atoms with Gasteiger partial charge in [-0.05, 0) is 44.5 Å². The van der Waals surface area contributed by atoms with Gasteiger partial charge in [0.1, 0.15) is 22.3 Å². The molecule has 1 amide bonds. The lowest BCUT2D eigenvalue weighted by molar-refractivity contribution is -0.892. The summed E-state index contributed by atoms with van der Waals surface area (Å²) in [6.07, 6.45) is 0. The van der Waals surface area contributed by atoms with E-state index < -0.39 is 0 Å². The van der Waals surface area contributed by atoms with Crippen molar-refractivity contribution in [2.45, 2.75) is 20.8 Å². The van der Waals surface area contributed by atoms with Crippen molar-refractivity contribution in [1.82, 2.24) is 9.97 Å². The van der Waals surface area contributed by atoms with Gasteiger partial charge in [0.25, 0.3) is 5.91 Å². The maximum atomic E-state index is 13.3. The zero-order valence-electron chi connectivity index (χ0n) is 16.9. The van der Waals surface area contributed by atoms with Crippen LogP contribution in [0.4, 0.5) is 15.9 Å². The molecule has 0 aliphatic carbocycles. The third-order valence-electron chi connectivity index (χ3n) is 5.41. The lowest BCUT2D eigenvalue weighted by Gasteiger charge is -2.33. The maximum Gasteiger partial charge on any atom is 0.279 e. The van der Waals surface area contributed by atoms with Crippen molar-refractivity contribution in [2.24, 2.45) is 0 Å². The first-order valence-electron chi connectivity index (χ1n) is 9.79. The minimum absolute atomic E-state index is 0.0939. The second-order valence-corrected chi connectivity index (χ2v) is 8.73. The highest BCUT2D eigenvalue weighted by atomic mass is 32.1. The van der Waals surface area contributed by atoms with Gasteiger partial charge in [-0.2, -0.15) is 0 Å². The molecular formula is C21H25FN5OS+. The van der Waals surface area contributed by atoms with Gasteiger partial charge >= 0.3 is 0 Å². The molecule has 1 aliphatic rings. The van der Waals surface area contributed by atoms with Gasteiger partial charge in [0, 0.05) is 10.6 Å². The Labute approximate surface area is 173 Å². The number of hydrogen-bond donors (Lipinski definition) is 2. The Morgan fingerprint density at radius 2 is 2.00 bits per heavy atom. The van der Waals surface area contributed by atoms with Gasteiger partial charge in [-0.25, -0.2) is 14.4 Å². The molecule has 2 aromatic heterocycles. The fraction of sp³-hybridized carbons (Fsp3) is 0.381. The monoisotopic (exact) mass is 414 g/mol. The van der Waals surface area contributed by atoms with Crippen LogP contribution in [0, 0.1) is 26.6 Å². The largest absolute Gasteiger partial charge is 0.345 e. The lowest BCUT2D eigenvalue weighted by atomic mass is 10.2. The van der Waals surface area contributed by atoms with Crippen LogP contribution < -0.4 is 15.1 Å². The van der Waals surface area contributed by atoms with E-state index in [0.717, 1.165) is 48.0 Å². The number of thiophene rings is 1. The lowest BCUT2D eigenvalue weighted by Crippen LogP contribution is -3.15. The van der Waals surface area contributed by atoms with Crippen molar-refractivity contribution >= 4 is 39.0 Å². The Bertz CT molecular complexity index is 1060. The van der Waals surface area contributed by atoms with E-state index in [1.54, 1.807) is 23.5 Å². The predicted molar refractivity (Wildman–Crippen MR) is 114 cm³/mol. The molecule has 0 unspecified atom stereocenters. The van der Waals surface area contributed by atoms with Gasteiger partial charge in [0.2, 0.25) is 0 Å². The summed E-state index contributed by atoms with van der Waals surface area (Å²) in [5, 5.41) is 3.94. The maximum absolute atomic E-state index is 13.3. The molecule has 0 spiro atoms. The molecule has 3 heterocycles. The number of aryl methyl sites for hydroxylation is 3. The van der Waals surface area contributed by atoms with Crippen molar-refractivity contribution in [2.75, 3.05) is 42.9 Å². The second kappa shape index (κ2) is 8.04. The summed E-state index contributed by atoms with van der Waals surface area (Å²) in [7, 11) is 0. The number of rotatable bonds is 4. The van der Waals surface area contributed by atoms with E-state index in [4.69, 9.17) is 4.98 Å². The molecule has 1 saturated heterocycles. The van der Waals surface area contributed by atoms with E-state index in [2.05, 4.69) is 29.0 Å². The summed E-state index contributed by atoms with van der Waals surface area (Å²) < 4.78 is 13.3. The minimum Gasteiger partial charge on any atom is -0.345 e. The van der Waals surface area contributed by atoms with Gasteiger partial charge in [0.05, 0.1) is 31.6 Å². The van der Waals surface area contributed by atoms with E-state index in [-0.39, 0.29) is 11.7 Å². The van der Waals surface area contributed by atoms with Crippen LogP contribution in [0.2, 0.25) is 0 Å². The van der Waals surface area contributed by atoms with Crippen molar-refractivity contribution in [3.63, 3.8) is 0 Å². The van der Waals surface area contributed by atoms with E-state index >= 15 is 0 Å². The van der Waals surface area contributed by atoms with Gasteiger partial charge in [-0.15, -0.1) is 11.3 Å². The molecule has 3 aromatic rings. The van der Waals surface area contributed by atoms with Crippen molar-refractivity contribution < 1.29 is 14.1 Å². The first kappa shape index (κ1) is 19.7. The Morgan fingerprint density at radius 1 is 1.24 bits per heavy atom. The van der Waals surface area contributed by atoms with Crippen LogP contribution in [0.25, 0.3) is 10.2 Å². The van der Waals surface area contributed by atoms with Crippen LogP contribution in [0.5, 0.6) is 0 Å². The first-order chi connectivity index (χ1) is 13.9. The van der Waals surface area contributed by atoms with Crippen molar-refractivity contribution in [3.05, 3.63) is 46.3 Å². The van der Waals surface area contributed by atoms with Crippen molar-refractivity contribution in [1.29, 1.82) is 0 Å². The number of nitrogens with zero attached hydrogens (tertiary/aromatic N) is 3. The second-order valence-electron chi connectivity index (χ2n) is 7.53. The normalized spacial score (nSPS) is 15.1. The average Bonchev–Trinajstić information content (AvgIpc) is 2.95. The first-order valence-corrected chi connectivity index (χ1v) is 10.6. The summed E-state index contributed by atoms with van der Waals surface area (Å²) in [5.41, 5.74) is 1.75. The smallest absolute Gasteiger partial charge is 0.279 e. The molecule has 152 valence electrons. The van der Waals surface area contributed by atoms with Gasteiger partial charge in [-0.3, -0.25) is 4.79 Å². The quantitative estimate of drug-likeness (QED) is 0.686. The summed E-state index contributed by atoms with van der Waals surface area (Å²) in [4.78, 5) is 27.5. The number of fused-ring (bicyclic) bond motifs is 1. The van der Waals surface area contributed by atoms with E-state index in [0.29, 0.717) is 12.2 Å². The number of amides is 1. The number of piperazine rings is 1. The SMILES string of the molecule is Cc1nc(N2CC[NH+](CC(=O)Nc3cccc(F)c3)CC2)c2c(C)c(C)sc2n1. The van der Waals surface area contributed by atoms with Crippen LogP contribution in [0.3, 0.4) is 0 Å². The minimum atomic E-state index is -0.353. The zero-order chi connectivity index (χ0) is 20.5. The van der Waals surface area contributed by atoms with Crippen molar-refractivity contribution in [3.8, 4) is 0 Å². The summed E-state index contributed by atoms with van der Waals surface area (Å²) in [6.45, 7) is 9.94. The van der Waals surface area contributed by atoms with Crippen LogP contribution >= 0.6 is 11.3 Å². The number of halogens is 1. The predicted octanol–water partition coefficient (Wildman–Crippen LogP) is 2.10. The van der Waals surface area contributed by atoms with E-state index in [9.17, 15) is 9.18 Å². The van der Waals surface area contributed by atoms with Gasteiger partial charge in [0.15, 0.2) is 6.54 Å². The topological polar surface area (TPSA) is 62.6 Å². The third kappa shape index (κ3) is 4.23. The fourth-order valence-corrected chi connectivity index (χ4v) is 4.84. The van der Waals surface area contributed by atoms with E-state index in [1.807, 2.05) is 6.92 Å². The third-order valence-corrected chi connectivity index (χ3v) is 6.51. The molecule has 4 rings (SSSR count). The number of hydrogen-bond acceptors (Lipinski definition) is 5. The van der Waals surface area contributed by atoms with Crippen LogP contribution in [-0.4, -0.2) is 48.6 Å². The van der Waals surface area contributed by atoms with Gasteiger partial charge < -0.3 is 15.1 Å². The van der Waals surface area contributed by atoms with Gasteiger partial charge in [-0.1, -0.05) is 6.07 Å². The fourth-order valence-electron chi connectivity index (χ4n) is 3.77. The molecule has 1 fully saturated rings. The Morgan fingerprint density at radius 3 is 2.72 bits per heavy atom. The molecule has 1 aliphatic heterocycles. The molecule has 6 nitrogen and oxygen atoms in total. The Balaban J connectivity index is 1.41. The Hall–Kier alpha value is -2.58. The van der Waals surface area contributed by atoms with Crippen LogP contribution in [-0.2, 0) is 4.79 Å². The molecular weight excluding hydrogens is 389 g/mol. The number of benzene rings is 1. The molecule has 0 saturated carbocycles. The number of carbonyl (C=O) groups excluding carboxylic acids is 1. The number of carbonyl (C=O) groups is 1. The number of aromatic nitrogens is 2. The van der Waals surface area contributed by atoms with E-state index in [1.165, 1.54) is 27.5 Å². The summed E-state index contributed by atoms with van der Waals surface area (Å²) in [5.74, 6) is 1.36. The Kier molecular flexibility index (Phi) is 5.47. The molecule has 2 N–H and O–H groups in total. The highest BCUT2D eigenvalue weighted by Crippen LogP contribution is 2.34. The summed E-state index contributed by atoms with van der Waals surface area (Å²) in [6, 6.07) is 5.99. The summed E-state index contributed by atoms with van der Waals surface area (Å²) >= 11 is 1.72. The molecule has 0 radical (unpaired) electrons. The average molecular weight is 415 g/mol. The number of quaternary nitrogens is 1. The standard InChI is InChI=1S/C21H24FN5OS/c1-13-14(2)29-21-19(13)20(23-15(3)24-21)27-9-7-26(8-10-27)12-18(28)25-17-6-4-5-16(22)11-17/h4-6,11H,7-10,12H2,1-3H3,(H,25,28)/p+1. The highest BCUT2D eigenvalue weighted by Gasteiger charge is 2.26. The van der Waals surface area contributed by atoms with Crippen LogP contribution in [0.1, 0.15) is 16.3 Å². The zero-order valence-corrected chi connectivity index (χ0v) is 17.7. The van der Waals surface area contributed by atoms with Crippen LogP contribution in [0.15, 0.2) is 24.3 Å². The molecule has 8 heteroatoms. The molecule has 0 bridgehead atoms. The molecule has 1 aromatic carbocycles. The number of anilines is 2. The number of nitrogens with one attached hydrogen (secondary N) is 2. The highest BCUT2D eigenvalue weighted by molar-refractivity contribution is 7.18.